The fourth-order valence-corrected chi connectivity index (χ4v) is 2.39. The molecule has 2 N–H and O–H groups in total. The molecule has 1 saturated carbocycles. The van der Waals surface area contributed by atoms with E-state index in [1.54, 1.807) is 0 Å². The fourth-order valence-electron chi connectivity index (χ4n) is 2.39. The summed E-state index contributed by atoms with van der Waals surface area (Å²) in [5.41, 5.74) is 5.05. The van der Waals surface area contributed by atoms with Gasteiger partial charge in [-0.1, -0.05) is 19.8 Å². The predicted octanol–water partition coefficient (Wildman–Crippen LogP) is 0.819. The first-order chi connectivity index (χ1) is 5.67. The van der Waals surface area contributed by atoms with E-state index in [2.05, 4.69) is 6.92 Å². The quantitative estimate of drug-likeness (QED) is 0.591. The van der Waals surface area contributed by atoms with Crippen molar-refractivity contribution in [2.24, 2.45) is 11.7 Å². The van der Waals surface area contributed by atoms with Crippen molar-refractivity contribution in [1.29, 1.82) is 0 Å². The summed E-state index contributed by atoms with van der Waals surface area (Å²) in [7, 11) is 0. The standard InChI is InChI=1S/C9H15NO2/c1-6-4-2-3-5-9(6)7(12-9)8(10)11/h6-7H,2-5H2,1H3,(H2,10,11). The van der Waals surface area contributed by atoms with Gasteiger partial charge in [0.05, 0.1) is 0 Å². The van der Waals surface area contributed by atoms with E-state index in [4.69, 9.17) is 10.5 Å². The van der Waals surface area contributed by atoms with Gasteiger partial charge >= 0.3 is 0 Å². The lowest BCUT2D eigenvalue weighted by Crippen LogP contribution is -2.33. The molecule has 12 heavy (non-hydrogen) atoms. The van der Waals surface area contributed by atoms with Gasteiger partial charge in [-0.2, -0.15) is 0 Å². The number of primary amides is 1. The number of rotatable bonds is 1. The molecule has 3 atom stereocenters. The third-order valence-electron chi connectivity index (χ3n) is 3.27. The van der Waals surface area contributed by atoms with E-state index in [0.717, 1.165) is 6.42 Å². The van der Waals surface area contributed by atoms with E-state index in [9.17, 15) is 4.79 Å². The Bertz CT molecular complexity index is 217. The first-order valence-electron chi connectivity index (χ1n) is 4.64. The molecule has 1 amide bonds. The molecule has 0 bridgehead atoms. The number of nitrogens with two attached hydrogens (primary N) is 1. The molecule has 2 fully saturated rings. The fraction of sp³-hybridized carbons (Fsp3) is 0.889. The summed E-state index contributed by atoms with van der Waals surface area (Å²) in [5.74, 6) is 0.215. The molecular weight excluding hydrogens is 154 g/mol. The van der Waals surface area contributed by atoms with E-state index in [-0.39, 0.29) is 17.6 Å². The predicted molar refractivity (Wildman–Crippen MR) is 44.4 cm³/mol. The minimum absolute atomic E-state index is 0.149. The Morgan fingerprint density at radius 1 is 1.58 bits per heavy atom. The van der Waals surface area contributed by atoms with Gasteiger partial charge in [0.15, 0.2) is 6.10 Å². The van der Waals surface area contributed by atoms with Gasteiger partial charge in [-0.25, -0.2) is 0 Å². The van der Waals surface area contributed by atoms with Crippen LogP contribution in [0.25, 0.3) is 0 Å². The highest BCUT2D eigenvalue weighted by atomic mass is 16.6. The van der Waals surface area contributed by atoms with Crippen molar-refractivity contribution < 1.29 is 9.53 Å². The third kappa shape index (κ3) is 0.959. The van der Waals surface area contributed by atoms with E-state index < -0.39 is 0 Å². The van der Waals surface area contributed by atoms with Crippen LogP contribution in [0.1, 0.15) is 32.6 Å². The molecule has 3 unspecified atom stereocenters. The molecule has 2 aliphatic rings. The van der Waals surface area contributed by atoms with Crippen LogP contribution in [0, 0.1) is 5.92 Å². The summed E-state index contributed by atoms with van der Waals surface area (Å²) < 4.78 is 5.44. The Balaban J connectivity index is 2.07. The number of carbonyl (C=O) groups excluding carboxylic acids is 1. The first-order valence-corrected chi connectivity index (χ1v) is 4.64. The molecule has 1 aliphatic carbocycles. The molecule has 68 valence electrons. The lowest BCUT2D eigenvalue weighted by Gasteiger charge is -2.25. The van der Waals surface area contributed by atoms with Crippen LogP contribution in [0.15, 0.2) is 0 Å². The smallest absolute Gasteiger partial charge is 0.249 e. The third-order valence-corrected chi connectivity index (χ3v) is 3.27. The lowest BCUT2D eigenvalue weighted by molar-refractivity contribution is -0.119. The zero-order valence-corrected chi connectivity index (χ0v) is 7.38. The van der Waals surface area contributed by atoms with Gasteiger partial charge in [-0.15, -0.1) is 0 Å². The average molecular weight is 169 g/mol. The van der Waals surface area contributed by atoms with Crippen LogP contribution in [0.2, 0.25) is 0 Å². The van der Waals surface area contributed by atoms with E-state index >= 15 is 0 Å². The second-order valence-corrected chi connectivity index (χ2v) is 4.00. The molecule has 3 nitrogen and oxygen atoms in total. The van der Waals surface area contributed by atoms with E-state index in [0.29, 0.717) is 5.92 Å². The number of carbonyl (C=O) groups is 1. The summed E-state index contributed by atoms with van der Waals surface area (Å²) in [6.45, 7) is 2.15. The number of amides is 1. The summed E-state index contributed by atoms with van der Waals surface area (Å²) >= 11 is 0. The molecule has 2 rings (SSSR count). The minimum Gasteiger partial charge on any atom is -0.367 e. The molecule has 1 spiro atoms. The van der Waals surface area contributed by atoms with Crippen molar-refractivity contribution in [1.82, 2.24) is 0 Å². The van der Waals surface area contributed by atoms with Gasteiger partial charge in [0.25, 0.3) is 0 Å². The van der Waals surface area contributed by atoms with Crippen LogP contribution < -0.4 is 5.73 Å². The Morgan fingerprint density at radius 2 is 2.33 bits per heavy atom. The Morgan fingerprint density at radius 3 is 2.83 bits per heavy atom. The monoisotopic (exact) mass is 169 g/mol. The van der Waals surface area contributed by atoms with Crippen molar-refractivity contribution in [3.05, 3.63) is 0 Å². The Hall–Kier alpha value is -0.570. The molecule has 1 saturated heterocycles. The molecule has 0 aromatic heterocycles. The zero-order chi connectivity index (χ0) is 8.77. The van der Waals surface area contributed by atoms with Crippen LogP contribution in [0.5, 0.6) is 0 Å². The van der Waals surface area contributed by atoms with E-state index in [1.807, 2.05) is 0 Å². The van der Waals surface area contributed by atoms with Crippen molar-refractivity contribution in [3.63, 3.8) is 0 Å². The van der Waals surface area contributed by atoms with Gasteiger partial charge in [0, 0.05) is 0 Å². The van der Waals surface area contributed by atoms with Crippen LogP contribution >= 0.6 is 0 Å². The minimum atomic E-state index is -0.288. The maximum atomic E-state index is 10.9. The van der Waals surface area contributed by atoms with Crippen molar-refractivity contribution in [2.75, 3.05) is 0 Å². The highest BCUT2D eigenvalue weighted by Gasteiger charge is 2.62. The van der Waals surface area contributed by atoms with Gasteiger partial charge in [-0.3, -0.25) is 4.79 Å². The Labute approximate surface area is 72.3 Å². The van der Waals surface area contributed by atoms with Crippen LogP contribution in [-0.4, -0.2) is 17.6 Å². The summed E-state index contributed by atoms with van der Waals surface area (Å²) in [6, 6.07) is 0. The van der Waals surface area contributed by atoms with Crippen molar-refractivity contribution in [2.45, 2.75) is 44.3 Å². The molecular formula is C9H15NO2. The van der Waals surface area contributed by atoms with E-state index in [1.165, 1.54) is 19.3 Å². The molecule has 0 radical (unpaired) electrons. The summed E-state index contributed by atoms with van der Waals surface area (Å²) in [6.07, 6.45) is 4.34. The molecule has 3 heteroatoms. The van der Waals surface area contributed by atoms with Gasteiger partial charge in [0.1, 0.15) is 5.60 Å². The normalized spacial score (nSPS) is 46.1. The SMILES string of the molecule is CC1CCCCC12OC2C(N)=O. The van der Waals surface area contributed by atoms with Crippen molar-refractivity contribution >= 4 is 5.91 Å². The molecule has 1 heterocycles. The maximum Gasteiger partial charge on any atom is 0.249 e. The molecule has 0 aromatic rings. The number of hydrogen-bond donors (Lipinski definition) is 1. The van der Waals surface area contributed by atoms with Gasteiger partial charge in [0.2, 0.25) is 5.91 Å². The van der Waals surface area contributed by atoms with Gasteiger partial charge < -0.3 is 10.5 Å². The highest BCUT2D eigenvalue weighted by Crippen LogP contribution is 2.51. The molecule has 0 aromatic carbocycles. The van der Waals surface area contributed by atoms with Gasteiger partial charge in [-0.05, 0) is 18.8 Å². The number of hydrogen-bond acceptors (Lipinski definition) is 2. The summed E-state index contributed by atoms with van der Waals surface area (Å²) in [5, 5.41) is 0. The number of ether oxygens (including phenoxy) is 1. The molecule has 1 aliphatic heterocycles. The van der Waals surface area contributed by atoms with Crippen LogP contribution in [-0.2, 0) is 9.53 Å². The Kier molecular flexibility index (Phi) is 1.65. The highest BCUT2D eigenvalue weighted by molar-refractivity contribution is 5.83. The average Bonchev–Trinajstić information content (AvgIpc) is 2.72. The summed E-state index contributed by atoms with van der Waals surface area (Å²) in [4.78, 5) is 10.9. The first kappa shape index (κ1) is 8.05. The lowest BCUT2D eigenvalue weighted by atomic mass is 9.78. The van der Waals surface area contributed by atoms with Crippen LogP contribution in [0.3, 0.4) is 0 Å². The second-order valence-electron chi connectivity index (χ2n) is 4.00. The largest absolute Gasteiger partial charge is 0.367 e. The topological polar surface area (TPSA) is 55.6 Å². The number of epoxide rings is 1. The zero-order valence-electron chi connectivity index (χ0n) is 7.38. The second kappa shape index (κ2) is 2.46. The van der Waals surface area contributed by atoms with Crippen LogP contribution in [0.4, 0.5) is 0 Å². The van der Waals surface area contributed by atoms with Crippen molar-refractivity contribution in [3.8, 4) is 0 Å². The maximum absolute atomic E-state index is 10.9.